The molecule has 104 valence electrons. The number of carbonyl (C=O) groups is 1. The van der Waals surface area contributed by atoms with Crippen LogP contribution in [0.4, 0.5) is 5.69 Å². The third-order valence-corrected chi connectivity index (χ3v) is 3.64. The first-order valence-corrected chi connectivity index (χ1v) is 6.92. The van der Waals surface area contributed by atoms with Gasteiger partial charge in [0.15, 0.2) is 0 Å². The Morgan fingerprint density at radius 3 is 2.80 bits per heavy atom. The van der Waals surface area contributed by atoms with E-state index >= 15 is 0 Å². The molecule has 1 aliphatic heterocycles. The van der Waals surface area contributed by atoms with Crippen LogP contribution >= 0.6 is 0 Å². The Kier molecular flexibility index (Phi) is 3.67. The smallest absolute Gasteiger partial charge is 0.270 e. The van der Waals surface area contributed by atoms with Gasteiger partial charge in [0.1, 0.15) is 5.69 Å². The van der Waals surface area contributed by atoms with E-state index in [4.69, 9.17) is 0 Å². The normalized spacial score (nSPS) is 16.1. The third-order valence-electron chi connectivity index (χ3n) is 3.64. The minimum atomic E-state index is 0.0924. The lowest BCUT2D eigenvalue weighted by atomic mass is 10.0. The van der Waals surface area contributed by atoms with E-state index in [1.54, 1.807) is 12.4 Å². The number of nitrogens with zero attached hydrogens (tertiary/aromatic N) is 2. The van der Waals surface area contributed by atoms with E-state index in [-0.39, 0.29) is 5.91 Å². The monoisotopic (exact) mass is 270 g/mol. The van der Waals surface area contributed by atoms with Crippen molar-refractivity contribution in [3.8, 4) is 0 Å². The predicted octanol–water partition coefficient (Wildman–Crippen LogP) is 2.13. The van der Waals surface area contributed by atoms with Crippen molar-refractivity contribution in [2.24, 2.45) is 0 Å². The molecule has 0 aliphatic carbocycles. The molecule has 1 aliphatic rings. The van der Waals surface area contributed by atoms with Gasteiger partial charge in [0.05, 0.1) is 5.69 Å². The average molecular weight is 270 g/mol. The molecule has 5 nitrogen and oxygen atoms in total. The molecule has 1 fully saturated rings. The summed E-state index contributed by atoms with van der Waals surface area (Å²) in [6.07, 6.45) is 7.30. The van der Waals surface area contributed by atoms with Gasteiger partial charge in [-0.05, 0) is 37.1 Å². The number of hydrogen-bond donors (Lipinski definition) is 2. The first-order chi connectivity index (χ1) is 9.83. The second-order valence-electron chi connectivity index (χ2n) is 5.04. The highest BCUT2D eigenvalue weighted by atomic mass is 16.2. The number of pyridine rings is 1. The molecule has 0 atom stereocenters. The Hall–Kier alpha value is -2.30. The van der Waals surface area contributed by atoms with E-state index in [2.05, 4.69) is 15.3 Å². The molecule has 0 radical (unpaired) electrons. The summed E-state index contributed by atoms with van der Waals surface area (Å²) >= 11 is 0. The Balaban J connectivity index is 1.53. The molecule has 3 heterocycles. The van der Waals surface area contributed by atoms with Gasteiger partial charge in [0.2, 0.25) is 0 Å². The van der Waals surface area contributed by atoms with E-state index in [9.17, 15) is 4.79 Å². The van der Waals surface area contributed by atoms with Crippen molar-refractivity contribution < 1.29 is 4.79 Å². The lowest BCUT2D eigenvalue weighted by Gasteiger charge is -2.32. The summed E-state index contributed by atoms with van der Waals surface area (Å²) in [7, 11) is 0. The summed E-state index contributed by atoms with van der Waals surface area (Å²) in [6, 6.07) is 8.02. The second kappa shape index (κ2) is 5.77. The van der Waals surface area contributed by atoms with E-state index in [0.29, 0.717) is 11.7 Å². The fraction of sp³-hybridized carbons (Fsp3) is 0.333. The van der Waals surface area contributed by atoms with Crippen molar-refractivity contribution in [2.45, 2.75) is 18.9 Å². The second-order valence-corrected chi connectivity index (χ2v) is 5.04. The molecule has 0 unspecified atom stereocenters. The zero-order valence-electron chi connectivity index (χ0n) is 11.2. The van der Waals surface area contributed by atoms with Crippen molar-refractivity contribution >= 4 is 11.6 Å². The Bertz CT molecular complexity index is 545. The molecular weight excluding hydrogens is 252 g/mol. The molecule has 2 N–H and O–H groups in total. The van der Waals surface area contributed by atoms with Gasteiger partial charge in [-0.3, -0.25) is 9.78 Å². The number of hydrogen-bond acceptors (Lipinski definition) is 3. The van der Waals surface area contributed by atoms with Gasteiger partial charge in [-0.2, -0.15) is 0 Å². The van der Waals surface area contributed by atoms with Gasteiger partial charge in [0.25, 0.3) is 5.91 Å². The lowest BCUT2D eigenvalue weighted by molar-refractivity contribution is 0.0713. The molecule has 0 aromatic carbocycles. The summed E-state index contributed by atoms with van der Waals surface area (Å²) in [4.78, 5) is 21.2. The van der Waals surface area contributed by atoms with Gasteiger partial charge < -0.3 is 15.2 Å². The minimum absolute atomic E-state index is 0.0924. The fourth-order valence-corrected chi connectivity index (χ4v) is 2.54. The van der Waals surface area contributed by atoms with Gasteiger partial charge in [-0.25, -0.2) is 0 Å². The summed E-state index contributed by atoms with van der Waals surface area (Å²) in [5, 5.41) is 3.47. The third kappa shape index (κ3) is 2.82. The SMILES string of the molecule is O=C(c1ccc[nH]1)N1CCC(Nc2cccnc2)CC1. The number of H-pyrrole nitrogens is 1. The standard InChI is InChI=1S/C15H18N4O/c20-15(14-4-2-8-17-14)19-9-5-12(6-10-19)18-13-3-1-7-16-11-13/h1-4,7-8,11-12,17-18H,5-6,9-10H2. The number of carbonyl (C=O) groups excluding carboxylic acids is 1. The molecular formula is C15H18N4O. The van der Waals surface area contributed by atoms with E-state index < -0.39 is 0 Å². The minimum Gasteiger partial charge on any atom is -0.381 e. The van der Waals surface area contributed by atoms with Crippen LogP contribution in [0.1, 0.15) is 23.3 Å². The van der Waals surface area contributed by atoms with Crippen LogP contribution in [0.15, 0.2) is 42.9 Å². The van der Waals surface area contributed by atoms with E-state index in [1.165, 1.54) is 0 Å². The molecule has 1 saturated heterocycles. The van der Waals surface area contributed by atoms with Crippen LogP contribution in [-0.4, -0.2) is 39.9 Å². The average Bonchev–Trinajstić information content (AvgIpc) is 3.03. The maximum atomic E-state index is 12.2. The van der Waals surface area contributed by atoms with E-state index in [0.717, 1.165) is 31.6 Å². The topological polar surface area (TPSA) is 61.0 Å². The molecule has 0 spiro atoms. The first kappa shape index (κ1) is 12.7. The summed E-state index contributed by atoms with van der Waals surface area (Å²) in [6.45, 7) is 1.57. The zero-order valence-corrected chi connectivity index (χ0v) is 11.2. The molecule has 3 rings (SSSR count). The van der Waals surface area contributed by atoms with Gasteiger partial charge >= 0.3 is 0 Å². The summed E-state index contributed by atoms with van der Waals surface area (Å²) < 4.78 is 0. The number of piperidine rings is 1. The Morgan fingerprint density at radius 1 is 1.30 bits per heavy atom. The Labute approximate surface area is 118 Å². The largest absolute Gasteiger partial charge is 0.381 e. The number of aromatic amines is 1. The van der Waals surface area contributed by atoms with Crippen molar-refractivity contribution in [3.05, 3.63) is 48.5 Å². The highest BCUT2D eigenvalue weighted by Crippen LogP contribution is 2.17. The van der Waals surface area contributed by atoms with Gasteiger partial charge in [-0.1, -0.05) is 0 Å². The van der Waals surface area contributed by atoms with Crippen molar-refractivity contribution in [3.63, 3.8) is 0 Å². The van der Waals surface area contributed by atoms with Crippen LogP contribution in [0, 0.1) is 0 Å². The molecule has 5 heteroatoms. The maximum absolute atomic E-state index is 12.2. The highest BCUT2D eigenvalue weighted by molar-refractivity contribution is 5.92. The van der Waals surface area contributed by atoms with E-state index in [1.807, 2.05) is 35.4 Å². The number of nitrogens with one attached hydrogen (secondary N) is 2. The molecule has 0 bridgehead atoms. The van der Waals surface area contributed by atoms with Crippen LogP contribution in [0.5, 0.6) is 0 Å². The van der Waals surface area contributed by atoms with Crippen LogP contribution in [0.25, 0.3) is 0 Å². The first-order valence-electron chi connectivity index (χ1n) is 6.92. The molecule has 2 aromatic heterocycles. The van der Waals surface area contributed by atoms with Gasteiger partial charge in [-0.15, -0.1) is 0 Å². The Morgan fingerprint density at radius 2 is 2.15 bits per heavy atom. The fourth-order valence-electron chi connectivity index (χ4n) is 2.54. The lowest BCUT2D eigenvalue weighted by Crippen LogP contribution is -2.42. The van der Waals surface area contributed by atoms with Crippen LogP contribution in [0.2, 0.25) is 0 Å². The number of aromatic nitrogens is 2. The predicted molar refractivity (Wildman–Crippen MR) is 77.6 cm³/mol. The maximum Gasteiger partial charge on any atom is 0.270 e. The summed E-state index contributed by atoms with van der Waals surface area (Å²) in [5.41, 5.74) is 1.71. The molecule has 2 aromatic rings. The van der Waals surface area contributed by atoms with Crippen LogP contribution in [-0.2, 0) is 0 Å². The molecule has 20 heavy (non-hydrogen) atoms. The van der Waals surface area contributed by atoms with Gasteiger partial charge in [0, 0.05) is 37.7 Å². The number of anilines is 1. The van der Waals surface area contributed by atoms with Crippen LogP contribution < -0.4 is 5.32 Å². The number of rotatable bonds is 3. The summed E-state index contributed by atoms with van der Waals surface area (Å²) in [5.74, 6) is 0.0924. The van der Waals surface area contributed by atoms with Crippen molar-refractivity contribution in [1.82, 2.24) is 14.9 Å². The number of amides is 1. The molecule has 1 amide bonds. The highest BCUT2D eigenvalue weighted by Gasteiger charge is 2.23. The zero-order chi connectivity index (χ0) is 13.8. The van der Waals surface area contributed by atoms with Crippen molar-refractivity contribution in [2.75, 3.05) is 18.4 Å². The quantitative estimate of drug-likeness (QED) is 0.898. The molecule has 0 saturated carbocycles. The van der Waals surface area contributed by atoms with Crippen molar-refractivity contribution in [1.29, 1.82) is 0 Å². The number of likely N-dealkylation sites (tertiary alicyclic amines) is 1. The van der Waals surface area contributed by atoms with Crippen LogP contribution in [0.3, 0.4) is 0 Å².